The van der Waals surface area contributed by atoms with Crippen molar-refractivity contribution in [1.82, 2.24) is 10.2 Å². The van der Waals surface area contributed by atoms with Crippen molar-refractivity contribution in [1.29, 1.82) is 0 Å². The number of anilines is 1. The zero-order valence-corrected chi connectivity index (χ0v) is 16.6. The lowest BCUT2D eigenvalue weighted by Crippen LogP contribution is -2.51. The molecule has 1 aromatic carbocycles. The second kappa shape index (κ2) is 9.00. The average Bonchev–Trinajstić information content (AvgIpc) is 3.10. The number of hydrogen-bond acceptors (Lipinski definition) is 4. The van der Waals surface area contributed by atoms with E-state index in [1.807, 2.05) is 30.3 Å². The predicted molar refractivity (Wildman–Crippen MR) is 109 cm³/mol. The van der Waals surface area contributed by atoms with E-state index in [1.165, 1.54) is 11.8 Å². The van der Waals surface area contributed by atoms with Gasteiger partial charge in [-0.3, -0.25) is 9.59 Å². The molecule has 7 heteroatoms. The van der Waals surface area contributed by atoms with Crippen LogP contribution in [-0.2, 0) is 9.59 Å². The van der Waals surface area contributed by atoms with Crippen molar-refractivity contribution >= 4 is 50.8 Å². The van der Waals surface area contributed by atoms with E-state index < -0.39 is 0 Å². The normalized spacial score (nSPS) is 14.7. The summed E-state index contributed by atoms with van der Waals surface area (Å²) in [7, 11) is 0. The molecule has 0 aliphatic carbocycles. The monoisotopic (exact) mass is 433 g/mol. The maximum atomic E-state index is 12.3. The molecule has 5 nitrogen and oxygen atoms in total. The molecular formula is C19H20BrN3O2S. The first kappa shape index (κ1) is 18.7. The molecule has 1 aromatic heterocycles. The zero-order chi connectivity index (χ0) is 18.4. The molecule has 2 heterocycles. The lowest BCUT2D eigenvalue weighted by molar-refractivity contribution is -0.132. The fourth-order valence-electron chi connectivity index (χ4n) is 2.76. The Morgan fingerprint density at radius 2 is 1.81 bits per heavy atom. The molecule has 2 amide bonds. The minimum absolute atomic E-state index is 0.0304. The maximum Gasteiger partial charge on any atom is 0.244 e. The molecule has 3 rings (SSSR count). The summed E-state index contributed by atoms with van der Waals surface area (Å²) in [5.41, 5.74) is 1.18. The molecular weight excluding hydrogens is 414 g/mol. The smallest absolute Gasteiger partial charge is 0.244 e. The molecule has 1 aliphatic heterocycles. The Labute approximate surface area is 165 Å². The van der Waals surface area contributed by atoms with Crippen LogP contribution in [0.3, 0.4) is 0 Å². The van der Waals surface area contributed by atoms with E-state index in [0.717, 1.165) is 21.8 Å². The van der Waals surface area contributed by atoms with Gasteiger partial charge in [0.1, 0.15) is 0 Å². The molecule has 0 radical (unpaired) electrons. The van der Waals surface area contributed by atoms with Crippen molar-refractivity contribution in [2.24, 2.45) is 0 Å². The van der Waals surface area contributed by atoms with E-state index in [4.69, 9.17) is 0 Å². The first-order valence-electron chi connectivity index (χ1n) is 8.41. The van der Waals surface area contributed by atoms with Gasteiger partial charge in [0, 0.05) is 42.8 Å². The molecule has 1 saturated heterocycles. The van der Waals surface area contributed by atoms with Crippen molar-refractivity contribution in [2.45, 2.75) is 0 Å². The third kappa shape index (κ3) is 5.19. The standard InChI is InChI=1S/C19H20BrN3O2S/c20-17-8-6-16(26-17)7-9-18(24)21-14-19(25)23-12-10-22(11-13-23)15-4-2-1-3-5-15/h1-9H,10-14H2,(H,21,24)/b9-7+. The third-order valence-corrected chi connectivity index (χ3v) is 5.75. The van der Waals surface area contributed by atoms with Crippen molar-refractivity contribution in [3.63, 3.8) is 0 Å². The van der Waals surface area contributed by atoms with Crippen LogP contribution in [0.25, 0.3) is 6.08 Å². The summed E-state index contributed by atoms with van der Waals surface area (Å²) in [5, 5.41) is 2.66. The van der Waals surface area contributed by atoms with Gasteiger partial charge in [0.25, 0.3) is 0 Å². The maximum absolute atomic E-state index is 12.3. The molecule has 0 saturated carbocycles. The number of piperazine rings is 1. The molecule has 1 fully saturated rings. The topological polar surface area (TPSA) is 52.7 Å². The number of hydrogen-bond donors (Lipinski definition) is 1. The number of para-hydroxylation sites is 1. The summed E-state index contributed by atoms with van der Waals surface area (Å²) >= 11 is 4.93. The minimum atomic E-state index is -0.259. The minimum Gasteiger partial charge on any atom is -0.368 e. The van der Waals surface area contributed by atoms with E-state index in [1.54, 1.807) is 22.3 Å². The van der Waals surface area contributed by atoms with E-state index in [2.05, 4.69) is 38.3 Å². The summed E-state index contributed by atoms with van der Waals surface area (Å²) in [6.07, 6.45) is 3.20. The number of nitrogens with one attached hydrogen (secondary N) is 1. The fraction of sp³-hybridized carbons (Fsp3) is 0.263. The molecule has 1 aliphatic rings. The lowest BCUT2D eigenvalue weighted by Gasteiger charge is -2.36. The number of halogens is 1. The molecule has 2 aromatic rings. The number of benzene rings is 1. The van der Waals surface area contributed by atoms with E-state index >= 15 is 0 Å². The summed E-state index contributed by atoms with van der Waals surface area (Å²) < 4.78 is 1.02. The second-order valence-electron chi connectivity index (χ2n) is 5.90. The van der Waals surface area contributed by atoms with Gasteiger partial charge in [0.15, 0.2) is 0 Å². The quantitative estimate of drug-likeness (QED) is 0.737. The van der Waals surface area contributed by atoms with Gasteiger partial charge >= 0.3 is 0 Å². The van der Waals surface area contributed by atoms with Gasteiger partial charge in [-0.15, -0.1) is 11.3 Å². The average molecular weight is 434 g/mol. The number of carbonyl (C=O) groups excluding carboxylic acids is 2. The Bertz CT molecular complexity index is 783. The number of carbonyl (C=O) groups is 2. The fourth-order valence-corrected chi connectivity index (χ4v) is 4.09. The van der Waals surface area contributed by atoms with E-state index in [9.17, 15) is 9.59 Å². The zero-order valence-electron chi connectivity index (χ0n) is 14.2. The van der Waals surface area contributed by atoms with Gasteiger partial charge in [-0.1, -0.05) is 18.2 Å². The third-order valence-electron chi connectivity index (χ3n) is 4.16. The number of thiophene rings is 1. The van der Waals surface area contributed by atoms with Crippen LogP contribution in [0.1, 0.15) is 4.88 Å². The van der Waals surface area contributed by atoms with Crippen molar-refractivity contribution in [2.75, 3.05) is 37.6 Å². The molecule has 0 unspecified atom stereocenters. The molecule has 0 spiro atoms. The Hall–Kier alpha value is -2.12. The molecule has 136 valence electrons. The van der Waals surface area contributed by atoms with Gasteiger partial charge in [-0.25, -0.2) is 0 Å². The van der Waals surface area contributed by atoms with Crippen LogP contribution >= 0.6 is 27.3 Å². The van der Waals surface area contributed by atoms with Gasteiger partial charge < -0.3 is 15.1 Å². The Morgan fingerprint density at radius 3 is 2.46 bits per heavy atom. The van der Waals surface area contributed by atoms with Crippen LogP contribution in [0.5, 0.6) is 0 Å². The van der Waals surface area contributed by atoms with Crippen LogP contribution in [0.15, 0.2) is 52.3 Å². The number of nitrogens with zero attached hydrogens (tertiary/aromatic N) is 2. The molecule has 0 atom stereocenters. The van der Waals surface area contributed by atoms with Crippen LogP contribution in [0, 0.1) is 0 Å². The van der Waals surface area contributed by atoms with E-state index in [0.29, 0.717) is 13.1 Å². The van der Waals surface area contributed by atoms with Gasteiger partial charge in [-0.2, -0.15) is 0 Å². The predicted octanol–water partition coefficient (Wildman–Crippen LogP) is 2.99. The van der Waals surface area contributed by atoms with Crippen molar-refractivity contribution in [3.8, 4) is 0 Å². The summed E-state index contributed by atoms with van der Waals surface area (Å²) in [6.45, 7) is 2.97. The Kier molecular flexibility index (Phi) is 6.46. The van der Waals surface area contributed by atoms with Crippen LogP contribution < -0.4 is 10.2 Å². The SMILES string of the molecule is O=C(/C=C/c1ccc(Br)s1)NCC(=O)N1CCN(c2ccccc2)CC1. The van der Waals surface area contributed by atoms with Gasteiger partial charge in [0.2, 0.25) is 11.8 Å². The highest BCUT2D eigenvalue weighted by Crippen LogP contribution is 2.22. The van der Waals surface area contributed by atoms with Gasteiger partial charge in [0.05, 0.1) is 10.3 Å². The lowest BCUT2D eigenvalue weighted by atomic mass is 10.2. The number of amides is 2. The highest BCUT2D eigenvalue weighted by molar-refractivity contribution is 9.11. The van der Waals surface area contributed by atoms with Crippen molar-refractivity contribution < 1.29 is 9.59 Å². The molecule has 26 heavy (non-hydrogen) atoms. The highest BCUT2D eigenvalue weighted by Gasteiger charge is 2.21. The van der Waals surface area contributed by atoms with Crippen LogP contribution in [0.2, 0.25) is 0 Å². The van der Waals surface area contributed by atoms with E-state index in [-0.39, 0.29) is 18.4 Å². The van der Waals surface area contributed by atoms with Crippen LogP contribution in [-0.4, -0.2) is 49.4 Å². The summed E-state index contributed by atoms with van der Waals surface area (Å²) in [5.74, 6) is -0.302. The van der Waals surface area contributed by atoms with Crippen molar-refractivity contribution in [3.05, 3.63) is 57.2 Å². The summed E-state index contributed by atoms with van der Waals surface area (Å²) in [4.78, 5) is 29.2. The Balaban J connectivity index is 1.41. The molecule has 1 N–H and O–H groups in total. The highest BCUT2D eigenvalue weighted by atomic mass is 79.9. The first-order valence-corrected chi connectivity index (χ1v) is 10.0. The number of rotatable bonds is 5. The Morgan fingerprint density at radius 1 is 1.08 bits per heavy atom. The largest absolute Gasteiger partial charge is 0.368 e. The van der Waals surface area contributed by atoms with Gasteiger partial charge in [-0.05, 0) is 46.3 Å². The second-order valence-corrected chi connectivity index (χ2v) is 8.39. The summed E-state index contributed by atoms with van der Waals surface area (Å²) in [6, 6.07) is 14.1. The molecule has 0 bridgehead atoms. The van der Waals surface area contributed by atoms with Crippen LogP contribution in [0.4, 0.5) is 5.69 Å². The first-order chi connectivity index (χ1) is 12.6.